The predicted molar refractivity (Wildman–Crippen MR) is 93.0 cm³/mol. The first-order valence-electron chi connectivity index (χ1n) is 7.30. The number of carboxylic acids is 1. The van der Waals surface area contributed by atoms with E-state index in [0.717, 1.165) is 0 Å². The summed E-state index contributed by atoms with van der Waals surface area (Å²) in [4.78, 5) is 35.1. The lowest BCUT2D eigenvalue weighted by Crippen LogP contribution is -2.21. The molecule has 0 heterocycles. The van der Waals surface area contributed by atoms with Crippen molar-refractivity contribution in [2.45, 2.75) is 6.10 Å². The van der Waals surface area contributed by atoms with Crippen molar-refractivity contribution in [3.05, 3.63) is 65.7 Å². The molecule has 0 aliphatic rings. The molecule has 0 aliphatic heterocycles. The average Bonchev–Trinajstić information content (AvgIpc) is 2.64. The fraction of sp³-hybridized carbons (Fsp3) is 0.167. The molecule has 0 bridgehead atoms. The number of Topliss-reactive ketones (excluding diaryl/α,β-unsaturated/α-hetero) is 1. The van der Waals surface area contributed by atoms with Crippen LogP contribution in [0.3, 0.4) is 0 Å². The highest BCUT2D eigenvalue weighted by atomic mass is 79.9. The second-order valence-corrected chi connectivity index (χ2v) is 5.55. The zero-order chi connectivity index (χ0) is 18.2. The van der Waals surface area contributed by atoms with Gasteiger partial charge < -0.3 is 14.6 Å². The Morgan fingerprint density at radius 2 is 1.76 bits per heavy atom. The van der Waals surface area contributed by atoms with Crippen LogP contribution < -0.4 is 4.74 Å². The van der Waals surface area contributed by atoms with Crippen molar-refractivity contribution < 1.29 is 29.0 Å². The Morgan fingerprint density at radius 1 is 1.04 bits per heavy atom. The molecule has 2 aromatic carbocycles. The van der Waals surface area contributed by atoms with E-state index in [0.29, 0.717) is 11.1 Å². The Bertz CT molecular complexity index is 759. The van der Waals surface area contributed by atoms with Gasteiger partial charge in [-0.05, 0) is 12.1 Å². The normalized spacial score (nSPS) is 11.4. The number of esters is 1. The van der Waals surface area contributed by atoms with E-state index in [1.165, 1.54) is 6.07 Å². The highest BCUT2D eigenvalue weighted by Gasteiger charge is 2.26. The van der Waals surface area contributed by atoms with E-state index >= 15 is 0 Å². The lowest BCUT2D eigenvalue weighted by molar-refractivity contribution is -0.144. The molecule has 0 amide bonds. The first-order valence-corrected chi connectivity index (χ1v) is 8.42. The molecule has 1 N–H and O–H groups in total. The molecule has 0 fully saturated rings. The Morgan fingerprint density at radius 3 is 2.40 bits per heavy atom. The molecule has 25 heavy (non-hydrogen) atoms. The molecule has 0 spiro atoms. The standard InChI is InChI=1S/C18H15BrO6/c19-10-16(22)25-18(17(23)12-5-2-1-3-6-12)13-7-4-8-14(9-13)24-11-15(20)21/h1-9,18H,10-11H2,(H,20,21). The Kier molecular flexibility index (Phi) is 6.71. The molecule has 7 heteroatoms. The lowest BCUT2D eigenvalue weighted by Gasteiger charge is -2.17. The van der Waals surface area contributed by atoms with Crippen LogP contribution in [0, 0.1) is 0 Å². The SMILES string of the molecule is O=C(O)COc1cccc(C(OC(=O)CBr)C(=O)c2ccccc2)c1. The number of halogens is 1. The van der Waals surface area contributed by atoms with Crippen LogP contribution in [0.15, 0.2) is 54.6 Å². The smallest absolute Gasteiger partial charge is 0.341 e. The summed E-state index contributed by atoms with van der Waals surface area (Å²) < 4.78 is 10.4. The third kappa shape index (κ3) is 5.42. The molecular formula is C18H15BrO6. The van der Waals surface area contributed by atoms with Crippen molar-refractivity contribution in [2.24, 2.45) is 0 Å². The third-order valence-corrected chi connectivity index (χ3v) is 3.64. The number of carboxylic acid groups (broad SMARTS) is 1. The number of rotatable bonds is 8. The second kappa shape index (κ2) is 8.98. The van der Waals surface area contributed by atoms with Gasteiger partial charge in [-0.25, -0.2) is 4.79 Å². The minimum atomic E-state index is -1.15. The van der Waals surface area contributed by atoms with Crippen molar-refractivity contribution in [1.29, 1.82) is 0 Å². The first-order chi connectivity index (χ1) is 12.0. The van der Waals surface area contributed by atoms with Gasteiger partial charge in [-0.2, -0.15) is 0 Å². The molecule has 1 unspecified atom stereocenters. The number of carbonyl (C=O) groups excluding carboxylic acids is 2. The van der Waals surface area contributed by atoms with E-state index in [1.807, 2.05) is 0 Å². The minimum Gasteiger partial charge on any atom is -0.482 e. The number of aliphatic carboxylic acids is 1. The van der Waals surface area contributed by atoms with Crippen LogP contribution in [0.1, 0.15) is 22.0 Å². The van der Waals surface area contributed by atoms with Crippen molar-refractivity contribution in [3.63, 3.8) is 0 Å². The molecule has 0 aliphatic carbocycles. The van der Waals surface area contributed by atoms with Gasteiger partial charge in [-0.15, -0.1) is 0 Å². The summed E-state index contributed by atoms with van der Waals surface area (Å²) in [6.45, 7) is -0.512. The van der Waals surface area contributed by atoms with Crippen LogP contribution in [0.2, 0.25) is 0 Å². The molecule has 130 valence electrons. The van der Waals surface area contributed by atoms with Gasteiger partial charge in [0, 0.05) is 11.1 Å². The molecule has 1 atom stereocenters. The highest BCUT2D eigenvalue weighted by molar-refractivity contribution is 9.09. The third-order valence-electron chi connectivity index (χ3n) is 3.18. The van der Waals surface area contributed by atoms with Gasteiger partial charge in [-0.3, -0.25) is 9.59 Å². The fourth-order valence-corrected chi connectivity index (χ4v) is 2.23. The predicted octanol–water partition coefficient (Wildman–Crippen LogP) is 3.01. The second-order valence-electron chi connectivity index (χ2n) is 4.99. The summed E-state index contributed by atoms with van der Waals surface area (Å²) in [6.07, 6.45) is -1.15. The first kappa shape index (κ1) is 18.7. The lowest BCUT2D eigenvalue weighted by atomic mass is 9.99. The van der Waals surface area contributed by atoms with Gasteiger partial charge in [-0.1, -0.05) is 58.4 Å². The topological polar surface area (TPSA) is 89.9 Å². The van der Waals surface area contributed by atoms with Crippen molar-refractivity contribution in [1.82, 2.24) is 0 Å². The zero-order valence-corrected chi connectivity index (χ0v) is 14.6. The van der Waals surface area contributed by atoms with E-state index in [1.54, 1.807) is 48.5 Å². The molecule has 6 nitrogen and oxygen atoms in total. The Labute approximate surface area is 152 Å². The number of ether oxygens (including phenoxy) is 2. The van der Waals surface area contributed by atoms with Gasteiger partial charge in [0.2, 0.25) is 5.78 Å². The van der Waals surface area contributed by atoms with Gasteiger partial charge in [0.05, 0.1) is 0 Å². The van der Waals surface area contributed by atoms with Gasteiger partial charge in [0.15, 0.2) is 12.7 Å². The molecule has 2 rings (SSSR count). The fourth-order valence-electron chi connectivity index (χ4n) is 2.10. The number of benzene rings is 2. The van der Waals surface area contributed by atoms with E-state index < -0.39 is 24.6 Å². The van der Waals surface area contributed by atoms with Crippen LogP contribution in [0.25, 0.3) is 0 Å². The summed E-state index contributed by atoms with van der Waals surface area (Å²) in [6, 6.07) is 14.7. The molecule has 0 saturated heterocycles. The maximum atomic E-state index is 12.7. The van der Waals surface area contributed by atoms with Gasteiger partial charge in [0.1, 0.15) is 11.1 Å². The van der Waals surface area contributed by atoms with Crippen LogP contribution in [0.5, 0.6) is 5.75 Å². The van der Waals surface area contributed by atoms with E-state index in [-0.39, 0.29) is 16.9 Å². The summed E-state index contributed by atoms with van der Waals surface area (Å²) in [5.41, 5.74) is 0.790. The minimum absolute atomic E-state index is 0.0548. The highest BCUT2D eigenvalue weighted by Crippen LogP contribution is 2.26. The summed E-state index contributed by atoms with van der Waals surface area (Å²) >= 11 is 3.00. The average molecular weight is 407 g/mol. The summed E-state index contributed by atoms with van der Waals surface area (Å²) in [5, 5.41) is 8.63. The number of alkyl halides is 1. The Balaban J connectivity index is 2.32. The largest absolute Gasteiger partial charge is 0.482 e. The Hall–Kier alpha value is -2.67. The number of hydrogen-bond donors (Lipinski definition) is 1. The number of ketones is 1. The zero-order valence-electron chi connectivity index (χ0n) is 13.1. The van der Waals surface area contributed by atoms with Crippen LogP contribution >= 0.6 is 15.9 Å². The van der Waals surface area contributed by atoms with Gasteiger partial charge in [0.25, 0.3) is 0 Å². The summed E-state index contributed by atoms with van der Waals surface area (Å²) in [5.74, 6) is -1.83. The van der Waals surface area contributed by atoms with Crippen molar-refractivity contribution in [3.8, 4) is 5.75 Å². The maximum absolute atomic E-state index is 12.7. The van der Waals surface area contributed by atoms with Crippen molar-refractivity contribution in [2.75, 3.05) is 11.9 Å². The molecular weight excluding hydrogens is 392 g/mol. The number of hydrogen-bond acceptors (Lipinski definition) is 5. The van der Waals surface area contributed by atoms with E-state index in [9.17, 15) is 14.4 Å². The van der Waals surface area contributed by atoms with Gasteiger partial charge >= 0.3 is 11.9 Å². The number of carbonyl (C=O) groups is 3. The maximum Gasteiger partial charge on any atom is 0.341 e. The quantitative estimate of drug-likeness (QED) is 0.411. The van der Waals surface area contributed by atoms with Crippen LogP contribution in [0.4, 0.5) is 0 Å². The summed E-state index contributed by atoms with van der Waals surface area (Å²) in [7, 11) is 0. The molecule has 0 saturated carbocycles. The van der Waals surface area contributed by atoms with E-state index in [2.05, 4.69) is 15.9 Å². The van der Waals surface area contributed by atoms with Crippen LogP contribution in [-0.2, 0) is 14.3 Å². The molecule has 0 aromatic heterocycles. The van der Waals surface area contributed by atoms with E-state index in [4.69, 9.17) is 14.6 Å². The molecule has 2 aromatic rings. The van der Waals surface area contributed by atoms with Crippen molar-refractivity contribution >= 4 is 33.7 Å². The monoisotopic (exact) mass is 406 g/mol. The van der Waals surface area contributed by atoms with Crippen LogP contribution in [-0.4, -0.2) is 34.8 Å². The molecule has 0 radical (unpaired) electrons.